The van der Waals surface area contributed by atoms with Crippen LogP contribution in [0.2, 0.25) is 0 Å². The van der Waals surface area contributed by atoms with E-state index in [4.69, 9.17) is 0 Å². The Morgan fingerprint density at radius 1 is 1.64 bits per heavy atom. The molecule has 0 aliphatic carbocycles. The Hall–Kier alpha value is -1.85. The first-order chi connectivity index (χ1) is 6.75. The topological polar surface area (TPSA) is 86.9 Å². The molecule has 1 aliphatic heterocycles. The summed E-state index contributed by atoms with van der Waals surface area (Å²) >= 11 is 0. The van der Waals surface area contributed by atoms with E-state index in [2.05, 4.69) is 20.8 Å². The largest absolute Gasteiger partial charge is 0.344 e. The molecule has 1 aromatic rings. The third kappa shape index (κ3) is 1.73. The van der Waals surface area contributed by atoms with Gasteiger partial charge in [0, 0.05) is 12.5 Å². The summed E-state index contributed by atoms with van der Waals surface area (Å²) in [6.07, 6.45) is 2.52. The Labute approximate surface area is 80.1 Å². The van der Waals surface area contributed by atoms with E-state index in [0.717, 1.165) is 0 Å². The van der Waals surface area contributed by atoms with Gasteiger partial charge in [-0.2, -0.15) is 5.10 Å². The van der Waals surface area contributed by atoms with E-state index < -0.39 is 6.04 Å². The molecule has 1 fully saturated rings. The van der Waals surface area contributed by atoms with E-state index in [1.165, 1.54) is 0 Å². The number of hydrogen-bond acceptors (Lipinski definition) is 3. The Kier molecular flexibility index (Phi) is 2.18. The number of carbonyl (C=O) groups excluding carboxylic acids is 2. The molecule has 0 aromatic carbocycles. The zero-order valence-corrected chi connectivity index (χ0v) is 7.41. The Morgan fingerprint density at radius 3 is 3.07 bits per heavy atom. The van der Waals surface area contributed by atoms with Crippen LogP contribution in [0, 0.1) is 0 Å². The summed E-state index contributed by atoms with van der Waals surface area (Å²) in [6.45, 7) is 0. The third-order valence-electron chi connectivity index (χ3n) is 2.07. The second-order valence-electron chi connectivity index (χ2n) is 3.12. The van der Waals surface area contributed by atoms with E-state index in [1.807, 2.05) is 0 Å². The number of hydrogen-bond donors (Lipinski definition) is 3. The molecule has 1 atom stereocenters. The minimum absolute atomic E-state index is 0.0743. The van der Waals surface area contributed by atoms with Gasteiger partial charge in [0.15, 0.2) is 0 Å². The minimum atomic E-state index is -0.411. The van der Waals surface area contributed by atoms with Gasteiger partial charge in [-0.15, -0.1) is 0 Å². The Bertz CT molecular complexity index is 346. The molecular weight excluding hydrogens is 184 g/mol. The van der Waals surface area contributed by atoms with Crippen molar-refractivity contribution in [3.63, 3.8) is 0 Å². The Balaban J connectivity index is 1.93. The summed E-state index contributed by atoms with van der Waals surface area (Å²) in [7, 11) is 0. The zero-order valence-electron chi connectivity index (χ0n) is 7.41. The number of H-pyrrole nitrogens is 1. The second-order valence-corrected chi connectivity index (χ2v) is 3.12. The van der Waals surface area contributed by atoms with E-state index >= 15 is 0 Å². The molecule has 1 aromatic heterocycles. The van der Waals surface area contributed by atoms with Crippen molar-refractivity contribution in [3.05, 3.63) is 12.3 Å². The number of nitrogens with one attached hydrogen (secondary N) is 3. The first-order valence-corrected chi connectivity index (χ1v) is 4.35. The molecule has 14 heavy (non-hydrogen) atoms. The van der Waals surface area contributed by atoms with Crippen LogP contribution in [0.3, 0.4) is 0 Å². The molecule has 2 heterocycles. The van der Waals surface area contributed by atoms with Gasteiger partial charge in [-0.05, 0) is 6.42 Å². The van der Waals surface area contributed by atoms with Crippen LogP contribution in [0.15, 0.2) is 12.3 Å². The lowest BCUT2D eigenvalue weighted by Gasteiger charge is -2.08. The van der Waals surface area contributed by atoms with Crippen molar-refractivity contribution in [1.82, 2.24) is 15.5 Å². The molecule has 1 aliphatic rings. The summed E-state index contributed by atoms with van der Waals surface area (Å²) in [5.41, 5.74) is 0. The third-order valence-corrected chi connectivity index (χ3v) is 2.07. The maximum atomic E-state index is 11.5. The van der Waals surface area contributed by atoms with E-state index in [9.17, 15) is 9.59 Å². The number of carbonyl (C=O) groups is 2. The van der Waals surface area contributed by atoms with Crippen molar-refractivity contribution in [2.75, 3.05) is 5.32 Å². The molecule has 74 valence electrons. The van der Waals surface area contributed by atoms with Crippen LogP contribution in [0.25, 0.3) is 0 Å². The molecule has 3 N–H and O–H groups in total. The van der Waals surface area contributed by atoms with E-state index in [0.29, 0.717) is 18.7 Å². The lowest BCUT2D eigenvalue weighted by Crippen LogP contribution is -2.37. The monoisotopic (exact) mass is 194 g/mol. The number of amides is 2. The SMILES string of the molecule is O=C1CCC(C(=O)Nc2ccn[nH]2)N1. The van der Waals surface area contributed by atoms with E-state index in [1.54, 1.807) is 12.3 Å². The van der Waals surface area contributed by atoms with E-state index in [-0.39, 0.29) is 11.8 Å². The van der Waals surface area contributed by atoms with Crippen LogP contribution < -0.4 is 10.6 Å². The molecule has 2 amide bonds. The molecule has 1 unspecified atom stereocenters. The number of aromatic nitrogens is 2. The first-order valence-electron chi connectivity index (χ1n) is 4.35. The fraction of sp³-hybridized carbons (Fsp3) is 0.375. The van der Waals surface area contributed by atoms with Crippen molar-refractivity contribution < 1.29 is 9.59 Å². The number of nitrogens with zero attached hydrogens (tertiary/aromatic N) is 1. The fourth-order valence-electron chi connectivity index (χ4n) is 1.36. The van der Waals surface area contributed by atoms with Gasteiger partial charge in [0.1, 0.15) is 11.9 Å². The summed E-state index contributed by atoms with van der Waals surface area (Å²) in [5.74, 6) is 0.256. The van der Waals surface area contributed by atoms with Crippen LogP contribution in [0.4, 0.5) is 5.82 Å². The quantitative estimate of drug-likeness (QED) is 0.600. The molecule has 0 saturated carbocycles. The summed E-state index contributed by atoms with van der Waals surface area (Å²) in [5, 5.41) is 11.5. The Morgan fingerprint density at radius 2 is 2.50 bits per heavy atom. The van der Waals surface area contributed by atoms with Gasteiger partial charge in [-0.1, -0.05) is 0 Å². The highest BCUT2D eigenvalue weighted by atomic mass is 16.2. The smallest absolute Gasteiger partial charge is 0.248 e. The number of anilines is 1. The van der Waals surface area contributed by atoms with Gasteiger partial charge in [0.05, 0.1) is 6.20 Å². The van der Waals surface area contributed by atoms with Crippen LogP contribution in [-0.2, 0) is 9.59 Å². The van der Waals surface area contributed by atoms with Crippen molar-refractivity contribution in [3.8, 4) is 0 Å². The van der Waals surface area contributed by atoms with Gasteiger partial charge in [0.25, 0.3) is 0 Å². The highest BCUT2D eigenvalue weighted by Crippen LogP contribution is 2.09. The lowest BCUT2D eigenvalue weighted by molar-refractivity contribution is -0.122. The molecule has 1 saturated heterocycles. The van der Waals surface area contributed by atoms with Gasteiger partial charge >= 0.3 is 0 Å². The normalized spacial score (nSPS) is 20.6. The summed E-state index contributed by atoms with van der Waals surface area (Å²) < 4.78 is 0. The van der Waals surface area contributed by atoms with Gasteiger partial charge < -0.3 is 10.6 Å². The van der Waals surface area contributed by atoms with Gasteiger partial charge in [-0.3, -0.25) is 14.7 Å². The standard InChI is InChI=1S/C8H10N4O2/c13-7-2-1-5(10-7)8(14)11-6-3-4-9-12-6/h3-5H,1-2H2,(H,10,13)(H2,9,11,12,14). The average Bonchev–Trinajstić information content (AvgIpc) is 2.75. The van der Waals surface area contributed by atoms with Crippen molar-refractivity contribution in [2.45, 2.75) is 18.9 Å². The van der Waals surface area contributed by atoms with Crippen molar-refractivity contribution in [1.29, 1.82) is 0 Å². The fourth-order valence-corrected chi connectivity index (χ4v) is 1.36. The maximum Gasteiger partial charge on any atom is 0.248 e. The predicted molar refractivity (Wildman–Crippen MR) is 48.4 cm³/mol. The zero-order chi connectivity index (χ0) is 9.97. The molecule has 0 radical (unpaired) electrons. The van der Waals surface area contributed by atoms with Crippen LogP contribution in [-0.4, -0.2) is 28.1 Å². The van der Waals surface area contributed by atoms with Crippen LogP contribution in [0.5, 0.6) is 0 Å². The predicted octanol–water partition coefficient (Wildman–Crippen LogP) is -0.373. The molecular formula is C8H10N4O2. The molecule has 0 bridgehead atoms. The summed E-state index contributed by atoms with van der Waals surface area (Å²) in [4.78, 5) is 22.3. The van der Waals surface area contributed by atoms with Crippen molar-refractivity contribution >= 4 is 17.6 Å². The molecule has 6 heteroatoms. The maximum absolute atomic E-state index is 11.5. The molecule has 2 rings (SSSR count). The highest BCUT2D eigenvalue weighted by Gasteiger charge is 2.27. The average molecular weight is 194 g/mol. The number of aromatic amines is 1. The minimum Gasteiger partial charge on any atom is -0.344 e. The summed E-state index contributed by atoms with van der Waals surface area (Å²) in [6, 6.07) is 1.24. The highest BCUT2D eigenvalue weighted by molar-refractivity contribution is 5.98. The van der Waals surface area contributed by atoms with Gasteiger partial charge in [-0.25, -0.2) is 0 Å². The second kappa shape index (κ2) is 3.49. The van der Waals surface area contributed by atoms with Crippen LogP contribution in [0.1, 0.15) is 12.8 Å². The van der Waals surface area contributed by atoms with Gasteiger partial charge in [0.2, 0.25) is 11.8 Å². The molecule has 6 nitrogen and oxygen atoms in total. The number of rotatable bonds is 2. The molecule has 0 spiro atoms. The van der Waals surface area contributed by atoms with Crippen molar-refractivity contribution in [2.24, 2.45) is 0 Å². The van der Waals surface area contributed by atoms with Crippen LogP contribution >= 0.6 is 0 Å². The first kappa shape index (κ1) is 8.74. The lowest BCUT2D eigenvalue weighted by atomic mass is 10.2.